The number of hydrogen-bond acceptors (Lipinski definition) is 2. The fourth-order valence-corrected chi connectivity index (χ4v) is 1.63. The molecule has 1 amide bonds. The summed E-state index contributed by atoms with van der Waals surface area (Å²) in [7, 11) is 1.89. The Hall–Kier alpha value is -0.580. The summed E-state index contributed by atoms with van der Waals surface area (Å²) in [5, 5.41) is 5.98. The van der Waals surface area contributed by atoms with E-state index in [1.165, 1.54) is 5.56 Å². The maximum Gasteiger partial charge on any atom is 0.220 e. The number of carbonyl (C=O) groups is 1. The van der Waals surface area contributed by atoms with Crippen molar-refractivity contribution in [1.29, 1.82) is 0 Å². The molecule has 0 saturated carbocycles. The van der Waals surface area contributed by atoms with Gasteiger partial charge < -0.3 is 10.6 Å². The van der Waals surface area contributed by atoms with Crippen molar-refractivity contribution in [3.05, 3.63) is 34.3 Å². The molecule has 0 bridgehead atoms. The van der Waals surface area contributed by atoms with Gasteiger partial charge in [0.15, 0.2) is 0 Å². The van der Waals surface area contributed by atoms with E-state index in [0.717, 1.165) is 10.9 Å². The molecule has 1 atom stereocenters. The molecule has 18 heavy (non-hydrogen) atoms. The third kappa shape index (κ3) is 6.99. The van der Waals surface area contributed by atoms with Crippen molar-refractivity contribution in [3.8, 4) is 0 Å². The van der Waals surface area contributed by atoms with Crippen molar-refractivity contribution in [2.24, 2.45) is 0 Å². The first-order chi connectivity index (χ1) is 8.11. The number of nitrogens with one attached hydrogen (secondary N) is 2. The van der Waals surface area contributed by atoms with Gasteiger partial charge in [0.1, 0.15) is 0 Å². The van der Waals surface area contributed by atoms with Gasteiger partial charge in [-0.05, 0) is 38.1 Å². The van der Waals surface area contributed by atoms with Gasteiger partial charge in [-0.3, -0.25) is 4.79 Å². The number of benzene rings is 1. The van der Waals surface area contributed by atoms with Crippen LogP contribution in [0.3, 0.4) is 0 Å². The van der Waals surface area contributed by atoms with Crippen molar-refractivity contribution in [3.63, 3.8) is 0 Å². The smallest absolute Gasteiger partial charge is 0.220 e. The number of aryl methyl sites for hydroxylation is 1. The van der Waals surface area contributed by atoms with Crippen LogP contribution in [0.5, 0.6) is 0 Å². The third-order valence-electron chi connectivity index (χ3n) is 2.65. The van der Waals surface area contributed by atoms with Gasteiger partial charge in [-0.15, -0.1) is 12.4 Å². The minimum Gasteiger partial charge on any atom is -0.355 e. The summed E-state index contributed by atoms with van der Waals surface area (Å²) in [4.78, 5) is 11.6. The van der Waals surface area contributed by atoms with Crippen LogP contribution in [0.1, 0.15) is 18.9 Å². The minimum absolute atomic E-state index is 0. The molecule has 0 aliphatic carbocycles. The van der Waals surface area contributed by atoms with E-state index in [1.807, 2.05) is 38.2 Å². The Bertz CT molecular complexity index is 357. The number of hydrogen-bond donors (Lipinski definition) is 2. The van der Waals surface area contributed by atoms with Crippen LogP contribution in [0.15, 0.2) is 28.7 Å². The summed E-state index contributed by atoms with van der Waals surface area (Å²) in [6.07, 6.45) is 1.32. The van der Waals surface area contributed by atoms with Gasteiger partial charge in [-0.25, -0.2) is 0 Å². The first-order valence-corrected chi connectivity index (χ1v) is 6.59. The lowest BCUT2D eigenvalue weighted by Crippen LogP contribution is -2.37. The van der Waals surface area contributed by atoms with E-state index in [0.29, 0.717) is 19.0 Å². The average Bonchev–Trinajstić information content (AvgIpc) is 2.35. The third-order valence-corrected chi connectivity index (χ3v) is 3.18. The molecule has 1 rings (SSSR count). The van der Waals surface area contributed by atoms with Gasteiger partial charge in [0.05, 0.1) is 0 Å². The molecular weight excluding hydrogens is 316 g/mol. The first-order valence-electron chi connectivity index (χ1n) is 5.80. The minimum atomic E-state index is 0. The maximum atomic E-state index is 11.6. The zero-order valence-corrected chi connectivity index (χ0v) is 13.1. The predicted octanol–water partition coefficient (Wildman–Crippen LogP) is 2.53. The summed E-state index contributed by atoms with van der Waals surface area (Å²) < 4.78 is 1.06. The molecule has 3 nitrogen and oxygen atoms in total. The summed E-state index contributed by atoms with van der Waals surface area (Å²) in [5.41, 5.74) is 1.19. The molecule has 1 unspecified atom stereocenters. The number of likely N-dealkylation sites (N-methyl/N-ethyl adjacent to an activating group) is 1. The Morgan fingerprint density at radius 1 is 1.33 bits per heavy atom. The SMILES string of the molecule is CNC(C)CNC(=O)CCc1ccc(Br)cc1.Cl. The molecule has 2 N–H and O–H groups in total. The monoisotopic (exact) mass is 334 g/mol. The van der Waals surface area contributed by atoms with Crippen LogP contribution in [-0.2, 0) is 11.2 Å². The zero-order valence-electron chi connectivity index (χ0n) is 10.7. The molecule has 5 heteroatoms. The van der Waals surface area contributed by atoms with Crippen molar-refractivity contribution >= 4 is 34.2 Å². The molecular formula is C13H20BrClN2O. The highest BCUT2D eigenvalue weighted by Crippen LogP contribution is 2.11. The Labute approximate surface area is 123 Å². The quantitative estimate of drug-likeness (QED) is 0.839. The number of amides is 1. The van der Waals surface area contributed by atoms with Crippen LogP contribution in [0, 0.1) is 0 Å². The Balaban J connectivity index is 0.00000289. The molecule has 0 heterocycles. The molecule has 0 aliphatic rings. The van der Waals surface area contributed by atoms with E-state index in [4.69, 9.17) is 0 Å². The van der Waals surface area contributed by atoms with Crippen LogP contribution in [0.4, 0.5) is 0 Å². The molecule has 0 aliphatic heterocycles. The number of rotatable bonds is 6. The van der Waals surface area contributed by atoms with Crippen molar-refractivity contribution in [2.75, 3.05) is 13.6 Å². The molecule has 0 aromatic heterocycles. The average molecular weight is 336 g/mol. The van der Waals surface area contributed by atoms with E-state index in [-0.39, 0.29) is 18.3 Å². The topological polar surface area (TPSA) is 41.1 Å². The second-order valence-electron chi connectivity index (χ2n) is 4.12. The number of halogens is 2. The Morgan fingerprint density at radius 3 is 2.50 bits per heavy atom. The lowest BCUT2D eigenvalue weighted by Gasteiger charge is -2.11. The predicted molar refractivity (Wildman–Crippen MR) is 81.2 cm³/mol. The summed E-state index contributed by atoms with van der Waals surface area (Å²) in [6.45, 7) is 2.71. The highest BCUT2D eigenvalue weighted by atomic mass is 79.9. The van der Waals surface area contributed by atoms with Gasteiger partial charge in [-0.1, -0.05) is 28.1 Å². The maximum absolute atomic E-state index is 11.6. The van der Waals surface area contributed by atoms with E-state index >= 15 is 0 Å². The van der Waals surface area contributed by atoms with Crippen LogP contribution < -0.4 is 10.6 Å². The van der Waals surface area contributed by atoms with Gasteiger partial charge >= 0.3 is 0 Å². The van der Waals surface area contributed by atoms with Crippen molar-refractivity contribution in [1.82, 2.24) is 10.6 Å². The summed E-state index contributed by atoms with van der Waals surface area (Å²) in [6, 6.07) is 8.37. The lowest BCUT2D eigenvalue weighted by atomic mass is 10.1. The second-order valence-corrected chi connectivity index (χ2v) is 5.04. The lowest BCUT2D eigenvalue weighted by molar-refractivity contribution is -0.121. The molecule has 0 radical (unpaired) electrons. The van der Waals surface area contributed by atoms with Gasteiger partial charge in [0.25, 0.3) is 0 Å². The van der Waals surface area contributed by atoms with Crippen LogP contribution in [-0.4, -0.2) is 25.5 Å². The molecule has 1 aromatic carbocycles. The Kier molecular flexibility index (Phi) is 9.06. The largest absolute Gasteiger partial charge is 0.355 e. The molecule has 0 spiro atoms. The fourth-order valence-electron chi connectivity index (χ4n) is 1.37. The van der Waals surface area contributed by atoms with E-state index in [9.17, 15) is 4.79 Å². The van der Waals surface area contributed by atoms with E-state index < -0.39 is 0 Å². The Morgan fingerprint density at radius 2 is 1.94 bits per heavy atom. The van der Waals surface area contributed by atoms with Crippen LogP contribution in [0.25, 0.3) is 0 Å². The van der Waals surface area contributed by atoms with Gasteiger partial charge in [-0.2, -0.15) is 0 Å². The molecule has 102 valence electrons. The molecule has 0 saturated heterocycles. The fraction of sp³-hybridized carbons (Fsp3) is 0.462. The van der Waals surface area contributed by atoms with Crippen molar-refractivity contribution in [2.45, 2.75) is 25.8 Å². The summed E-state index contributed by atoms with van der Waals surface area (Å²) in [5.74, 6) is 0.106. The van der Waals surface area contributed by atoms with Gasteiger partial charge in [0.2, 0.25) is 5.91 Å². The van der Waals surface area contributed by atoms with E-state index in [2.05, 4.69) is 26.6 Å². The second kappa shape index (κ2) is 9.36. The van der Waals surface area contributed by atoms with E-state index in [1.54, 1.807) is 0 Å². The highest BCUT2D eigenvalue weighted by Gasteiger charge is 2.04. The first kappa shape index (κ1) is 17.4. The van der Waals surface area contributed by atoms with Crippen molar-refractivity contribution < 1.29 is 4.79 Å². The molecule has 0 fully saturated rings. The highest BCUT2D eigenvalue weighted by molar-refractivity contribution is 9.10. The van der Waals surface area contributed by atoms with Gasteiger partial charge in [0, 0.05) is 23.5 Å². The standard InChI is InChI=1S/C13H19BrN2O.ClH/c1-10(15-2)9-16-13(17)8-5-11-3-6-12(14)7-4-11;/h3-4,6-7,10,15H,5,8-9H2,1-2H3,(H,16,17);1H. The molecule has 1 aromatic rings. The number of carbonyl (C=O) groups excluding carboxylic acids is 1. The summed E-state index contributed by atoms with van der Waals surface area (Å²) >= 11 is 3.39. The van der Waals surface area contributed by atoms with Crippen LogP contribution >= 0.6 is 28.3 Å². The normalized spacial score (nSPS) is 11.5. The zero-order chi connectivity index (χ0) is 12.7. The van der Waals surface area contributed by atoms with Crippen LogP contribution in [0.2, 0.25) is 0 Å².